The van der Waals surface area contributed by atoms with Gasteiger partial charge in [-0.2, -0.15) is 5.10 Å². The molecule has 1 aromatic heterocycles. The molecule has 2 amide bonds. The molecule has 0 aliphatic carbocycles. The summed E-state index contributed by atoms with van der Waals surface area (Å²) < 4.78 is 6.88. The fourth-order valence-corrected chi connectivity index (χ4v) is 3.37. The minimum atomic E-state index is -0.702. The van der Waals surface area contributed by atoms with E-state index in [9.17, 15) is 9.59 Å². The Balaban J connectivity index is 1.63. The third-order valence-corrected chi connectivity index (χ3v) is 4.60. The van der Waals surface area contributed by atoms with Crippen LogP contribution >= 0.6 is 0 Å². The van der Waals surface area contributed by atoms with Crippen LogP contribution in [0.5, 0.6) is 0 Å². The van der Waals surface area contributed by atoms with Crippen molar-refractivity contribution in [3.8, 4) is 11.1 Å². The number of nitrogens with zero attached hydrogens (tertiary/aromatic N) is 2. The minimum absolute atomic E-state index is 0.00391. The second kappa shape index (κ2) is 7.66. The predicted molar refractivity (Wildman–Crippen MR) is 106 cm³/mol. The maximum Gasteiger partial charge on any atom is 0.251 e. The SMILES string of the molecule is COCc1nn2c(c1-c1ccccc1)NC(=O)[C@@H]2CC(=O)Nc1ccccc1. The molecule has 4 rings (SSSR count). The maximum atomic E-state index is 12.5. The van der Waals surface area contributed by atoms with Crippen LogP contribution in [0.4, 0.5) is 11.5 Å². The number of ether oxygens (including phenoxy) is 1. The monoisotopic (exact) mass is 376 g/mol. The van der Waals surface area contributed by atoms with Crippen molar-refractivity contribution < 1.29 is 14.3 Å². The number of hydrogen-bond acceptors (Lipinski definition) is 4. The summed E-state index contributed by atoms with van der Waals surface area (Å²) in [6.45, 7) is 0.309. The zero-order valence-corrected chi connectivity index (χ0v) is 15.4. The Morgan fingerprint density at radius 2 is 1.82 bits per heavy atom. The molecule has 0 saturated heterocycles. The molecular formula is C21H20N4O3. The standard InChI is InChI=1S/C21H20N4O3/c1-28-13-16-19(14-8-4-2-5-9-14)20-23-21(27)17(25(20)24-16)12-18(26)22-15-10-6-3-7-11-15/h2-11,17H,12-13H2,1H3,(H,22,26)(H,23,27)/t17-/m0/s1. The molecule has 2 aromatic carbocycles. The van der Waals surface area contributed by atoms with Gasteiger partial charge in [-0.15, -0.1) is 0 Å². The highest BCUT2D eigenvalue weighted by atomic mass is 16.5. The van der Waals surface area contributed by atoms with Crippen molar-refractivity contribution in [2.75, 3.05) is 17.7 Å². The van der Waals surface area contributed by atoms with Gasteiger partial charge < -0.3 is 15.4 Å². The van der Waals surface area contributed by atoms with Crippen LogP contribution in [-0.4, -0.2) is 28.7 Å². The van der Waals surface area contributed by atoms with Crippen molar-refractivity contribution in [2.24, 2.45) is 0 Å². The van der Waals surface area contributed by atoms with Crippen LogP contribution in [0.25, 0.3) is 11.1 Å². The summed E-state index contributed by atoms with van der Waals surface area (Å²) in [5, 5.41) is 10.3. The highest BCUT2D eigenvalue weighted by molar-refractivity contribution is 6.04. The number of anilines is 2. The lowest BCUT2D eigenvalue weighted by Crippen LogP contribution is -2.24. The molecular weight excluding hydrogens is 356 g/mol. The molecule has 1 aliphatic rings. The van der Waals surface area contributed by atoms with Crippen molar-refractivity contribution in [1.82, 2.24) is 9.78 Å². The first kappa shape index (κ1) is 17.9. The van der Waals surface area contributed by atoms with Crippen LogP contribution in [0.3, 0.4) is 0 Å². The Hall–Kier alpha value is -3.45. The number of benzene rings is 2. The molecule has 0 spiro atoms. The van der Waals surface area contributed by atoms with Crippen molar-refractivity contribution in [2.45, 2.75) is 19.1 Å². The van der Waals surface area contributed by atoms with Crippen molar-refractivity contribution >= 4 is 23.3 Å². The second-order valence-corrected chi connectivity index (χ2v) is 6.54. The van der Waals surface area contributed by atoms with Gasteiger partial charge in [-0.1, -0.05) is 48.5 Å². The average molecular weight is 376 g/mol. The molecule has 0 fully saturated rings. The number of methoxy groups -OCH3 is 1. The Kier molecular flexibility index (Phi) is 4.90. The van der Waals surface area contributed by atoms with Crippen LogP contribution in [0, 0.1) is 0 Å². The van der Waals surface area contributed by atoms with E-state index >= 15 is 0 Å². The average Bonchev–Trinajstić information content (AvgIpc) is 3.19. The Morgan fingerprint density at radius 1 is 1.14 bits per heavy atom. The van der Waals surface area contributed by atoms with Gasteiger partial charge in [-0.3, -0.25) is 9.59 Å². The normalized spacial score (nSPS) is 15.2. The number of hydrogen-bond donors (Lipinski definition) is 2. The first-order valence-corrected chi connectivity index (χ1v) is 8.99. The largest absolute Gasteiger partial charge is 0.378 e. The van der Waals surface area contributed by atoms with E-state index in [0.717, 1.165) is 16.8 Å². The zero-order valence-electron chi connectivity index (χ0n) is 15.4. The third kappa shape index (κ3) is 3.39. The molecule has 1 atom stereocenters. The Labute approximate surface area is 162 Å². The van der Waals surface area contributed by atoms with Gasteiger partial charge in [0, 0.05) is 18.4 Å². The van der Waals surface area contributed by atoms with Gasteiger partial charge in [-0.05, 0) is 17.7 Å². The second-order valence-electron chi connectivity index (χ2n) is 6.54. The first-order chi connectivity index (χ1) is 13.7. The number of nitrogens with one attached hydrogen (secondary N) is 2. The topological polar surface area (TPSA) is 85.2 Å². The summed E-state index contributed by atoms with van der Waals surface area (Å²) >= 11 is 0. The molecule has 0 unspecified atom stereocenters. The van der Waals surface area contributed by atoms with E-state index in [1.165, 1.54) is 0 Å². The number of rotatable bonds is 6. The molecule has 2 heterocycles. The summed E-state index contributed by atoms with van der Waals surface area (Å²) in [6.07, 6.45) is -0.00391. The fraction of sp³-hybridized carbons (Fsp3) is 0.190. The minimum Gasteiger partial charge on any atom is -0.378 e. The van der Waals surface area contributed by atoms with Crippen molar-refractivity contribution in [3.05, 3.63) is 66.4 Å². The van der Waals surface area contributed by atoms with E-state index in [1.54, 1.807) is 23.9 Å². The van der Waals surface area contributed by atoms with Gasteiger partial charge >= 0.3 is 0 Å². The van der Waals surface area contributed by atoms with Crippen LogP contribution < -0.4 is 10.6 Å². The summed E-state index contributed by atoms with van der Waals surface area (Å²) in [4.78, 5) is 25.0. The predicted octanol–water partition coefficient (Wildman–Crippen LogP) is 3.22. The number of carbonyl (C=O) groups is 2. The van der Waals surface area contributed by atoms with Gasteiger partial charge in [0.25, 0.3) is 5.91 Å². The molecule has 1 aliphatic heterocycles. The van der Waals surface area contributed by atoms with Crippen molar-refractivity contribution in [1.29, 1.82) is 0 Å². The van der Waals surface area contributed by atoms with E-state index in [2.05, 4.69) is 15.7 Å². The number of amides is 2. The van der Waals surface area contributed by atoms with Crippen LogP contribution in [0.1, 0.15) is 18.2 Å². The molecule has 0 saturated carbocycles. The quantitative estimate of drug-likeness (QED) is 0.692. The van der Waals surface area contributed by atoms with E-state index in [1.807, 2.05) is 48.5 Å². The lowest BCUT2D eigenvalue weighted by Gasteiger charge is -2.10. The maximum absolute atomic E-state index is 12.5. The number of para-hydroxylation sites is 1. The molecule has 0 radical (unpaired) electrons. The van der Waals surface area contributed by atoms with Gasteiger partial charge in [0.1, 0.15) is 11.9 Å². The van der Waals surface area contributed by atoms with Crippen LogP contribution in [0.15, 0.2) is 60.7 Å². The van der Waals surface area contributed by atoms with Crippen molar-refractivity contribution in [3.63, 3.8) is 0 Å². The number of aromatic nitrogens is 2. The summed E-state index contributed by atoms with van der Waals surface area (Å²) in [6, 6.07) is 18.2. The lowest BCUT2D eigenvalue weighted by molar-refractivity contribution is -0.123. The Bertz CT molecular complexity index is 999. The smallest absolute Gasteiger partial charge is 0.251 e. The summed E-state index contributed by atoms with van der Waals surface area (Å²) in [5.74, 6) is 0.108. The highest BCUT2D eigenvalue weighted by Crippen LogP contribution is 2.38. The van der Waals surface area contributed by atoms with Gasteiger partial charge in [-0.25, -0.2) is 4.68 Å². The van der Waals surface area contributed by atoms with Gasteiger partial charge in [0.05, 0.1) is 18.7 Å². The van der Waals surface area contributed by atoms with Crippen LogP contribution in [-0.2, 0) is 20.9 Å². The molecule has 142 valence electrons. The van der Waals surface area contributed by atoms with E-state index in [4.69, 9.17) is 4.74 Å². The van der Waals surface area contributed by atoms with E-state index in [-0.39, 0.29) is 18.2 Å². The van der Waals surface area contributed by atoms with Gasteiger partial charge in [0.15, 0.2) is 0 Å². The molecule has 2 N–H and O–H groups in total. The van der Waals surface area contributed by atoms with Gasteiger partial charge in [0.2, 0.25) is 5.91 Å². The van der Waals surface area contributed by atoms with Crippen LogP contribution in [0.2, 0.25) is 0 Å². The molecule has 7 nitrogen and oxygen atoms in total. The molecule has 3 aromatic rings. The fourth-order valence-electron chi connectivity index (χ4n) is 3.37. The molecule has 28 heavy (non-hydrogen) atoms. The van der Waals surface area contributed by atoms with E-state index in [0.29, 0.717) is 18.1 Å². The summed E-state index contributed by atoms with van der Waals surface area (Å²) in [7, 11) is 1.60. The van der Waals surface area contributed by atoms with E-state index < -0.39 is 6.04 Å². The third-order valence-electron chi connectivity index (χ3n) is 4.60. The highest BCUT2D eigenvalue weighted by Gasteiger charge is 2.37. The zero-order chi connectivity index (χ0) is 19.5. The lowest BCUT2D eigenvalue weighted by atomic mass is 10.1. The number of carbonyl (C=O) groups excluding carboxylic acids is 2. The molecule has 0 bridgehead atoms. The molecule has 7 heteroatoms. The Morgan fingerprint density at radius 3 is 2.50 bits per heavy atom. The number of fused-ring (bicyclic) bond motifs is 1. The summed E-state index contributed by atoms with van der Waals surface area (Å²) in [5.41, 5.74) is 3.17. The first-order valence-electron chi connectivity index (χ1n) is 8.99.